The summed E-state index contributed by atoms with van der Waals surface area (Å²) in [5.74, 6) is 0.389. The van der Waals surface area contributed by atoms with E-state index in [2.05, 4.69) is 30.6 Å². The van der Waals surface area contributed by atoms with Crippen LogP contribution in [0.4, 0.5) is 5.82 Å². The van der Waals surface area contributed by atoms with Crippen LogP contribution in [0, 0.1) is 0 Å². The minimum Gasteiger partial charge on any atom is -0.495 e. The third-order valence-corrected chi connectivity index (χ3v) is 4.97. The van der Waals surface area contributed by atoms with Gasteiger partial charge in [0.2, 0.25) is 0 Å². The van der Waals surface area contributed by atoms with E-state index < -0.39 is 10.0 Å². The maximum absolute atomic E-state index is 12.6. The van der Waals surface area contributed by atoms with Gasteiger partial charge in [-0.15, -0.1) is 0 Å². The zero-order valence-corrected chi connectivity index (χ0v) is 14.4. The van der Waals surface area contributed by atoms with Crippen molar-refractivity contribution in [1.82, 2.24) is 9.97 Å². The number of rotatable bonds is 4. The number of fused-ring (bicyclic) bond motifs is 1. The first-order valence-corrected chi connectivity index (χ1v) is 8.85. The lowest BCUT2D eigenvalue weighted by atomic mass is 10.3. The third-order valence-electron chi connectivity index (χ3n) is 3.10. The molecule has 0 unspecified atom stereocenters. The standard InChI is InChI=1S/C15H12BrN3O3S/c1-22-13-7-6-10(16)8-14(13)23(20,21)19-15-9-17-11-4-2-3-5-12(11)18-15/h2-9H,1H3,(H,18,19). The number of sulfonamides is 1. The van der Waals surface area contributed by atoms with E-state index >= 15 is 0 Å². The summed E-state index contributed by atoms with van der Waals surface area (Å²) in [6.45, 7) is 0. The highest BCUT2D eigenvalue weighted by molar-refractivity contribution is 9.10. The summed E-state index contributed by atoms with van der Waals surface area (Å²) in [5.41, 5.74) is 1.30. The summed E-state index contributed by atoms with van der Waals surface area (Å²) in [4.78, 5) is 8.47. The molecule has 0 aliphatic heterocycles. The minimum atomic E-state index is -3.85. The summed E-state index contributed by atoms with van der Waals surface area (Å²) in [6.07, 6.45) is 1.38. The molecular weight excluding hydrogens is 382 g/mol. The molecular formula is C15H12BrN3O3S. The fraction of sp³-hybridized carbons (Fsp3) is 0.0667. The second kappa shape index (κ2) is 6.13. The van der Waals surface area contributed by atoms with E-state index in [-0.39, 0.29) is 16.5 Å². The van der Waals surface area contributed by atoms with Gasteiger partial charge in [-0.25, -0.2) is 13.4 Å². The van der Waals surface area contributed by atoms with E-state index in [0.717, 1.165) is 0 Å². The number of methoxy groups -OCH3 is 1. The van der Waals surface area contributed by atoms with E-state index in [0.29, 0.717) is 15.5 Å². The van der Waals surface area contributed by atoms with Crippen molar-refractivity contribution in [3.05, 3.63) is 53.1 Å². The predicted octanol–water partition coefficient (Wildman–Crippen LogP) is 3.20. The summed E-state index contributed by atoms with van der Waals surface area (Å²) in [7, 11) is -2.44. The highest BCUT2D eigenvalue weighted by Crippen LogP contribution is 2.28. The quantitative estimate of drug-likeness (QED) is 0.735. The molecule has 0 radical (unpaired) electrons. The summed E-state index contributed by atoms with van der Waals surface area (Å²) < 4.78 is 33.4. The lowest BCUT2D eigenvalue weighted by molar-refractivity contribution is 0.403. The van der Waals surface area contributed by atoms with Crippen LogP contribution in [0.15, 0.2) is 58.0 Å². The fourth-order valence-electron chi connectivity index (χ4n) is 2.06. The van der Waals surface area contributed by atoms with E-state index in [1.807, 2.05) is 12.1 Å². The molecule has 0 atom stereocenters. The molecule has 0 aliphatic rings. The second-order valence-corrected chi connectivity index (χ2v) is 7.21. The highest BCUT2D eigenvalue weighted by Gasteiger charge is 2.21. The molecule has 118 valence electrons. The molecule has 0 amide bonds. The molecule has 1 aromatic heterocycles. The van der Waals surface area contributed by atoms with Crippen LogP contribution in [0.1, 0.15) is 0 Å². The Bertz CT molecular complexity index is 977. The number of para-hydroxylation sites is 2. The largest absolute Gasteiger partial charge is 0.495 e. The van der Waals surface area contributed by atoms with Crippen LogP contribution in [0.3, 0.4) is 0 Å². The van der Waals surface area contributed by atoms with Crippen molar-refractivity contribution in [2.75, 3.05) is 11.8 Å². The third kappa shape index (κ3) is 3.27. The van der Waals surface area contributed by atoms with Crippen LogP contribution >= 0.6 is 15.9 Å². The number of halogens is 1. The molecule has 6 nitrogen and oxygen atoms in total. The molecule has 23 heavy (non-hydrogen) atoms. The highest BCUT2D eigenvalue weighted by atomic mass is 79.9. The van der Waals surface area contributed by atoms with Crippen LogP contribution in [0.5, 0.6) is 5.75 Å². The summed E-state index contributed by atoms with van der Waals surface area (Å²) in [6, 6.07) is 12.0. The van der Waals surface area contributed by atoms with Gasteiger partial charge in [0, 0.05) is 4.47 Å². The van der Waals surface area contributed by atoms with E-state index in [1.165, 1.54) is 19.4 Å². The fourth-order valence-corrected chi connectivity index (χ4v) is 3.75. The van der Waals surface area contributed by atoms with Gasteiger partial charge in [-0.2, -0.15) is 0 Å². The number of nitrogens with one attached hydrogen (secondary N) is 1. The van der Waals surface area contributed by atoms with Crippen molar-refractivity contribution < 1.29 is 13.2 Å². The number of nitrogens with zero attached hydrogens (tertiary/aromatic N) is 2. The predicted molar refractivity (Wildman–Crippen MR) is 91.0 cm³/mol. The molecule has 1 N–H and O–H groups in total. The van der Waals surface area contributed by atoms with Gasteiger partial charge >= 0.3 is 0 Å². The van der Waals surface area contributed by atoms with Crippen LogP contribution in [-0.4, -0.2) is 25.5 Å². The molecule has 0 aliphatic carbocycles. The van der Waals surface area contributed by atoms with Gasteiger partial charge in [0.1, 0.15) is 10.6 Å². The summed E-state index contributed by atoms with van der Waals surface area (Å²) in [5, 5.41) is 0. The first kappa shape index (κ1) is 15.7. The maximum atomic E-state index is 12.6. The summed E-state index contributed by atoms with van der Waals surface area (Å²) >= 11 is 3.26. The molecule has 1 heterocycles. The molecule has 0 spiro atoms. The topological polar surface area (TPSA) is 81.2 Å². The Balaban J connectivity index is 2.01. The van der Waals surface area contributed by atoms with Crippen molar-refractivity contribution in [3.63, 3.8) is 0 Å². The molecule has 3 rings (SSSR count). The van der Waals surface area contributed by atoms with E-state index in [1.54, 1.807) is 24.3 Å². The molecule has 3 aromatic rings. The van der Waals surface area contributed by atoms with Crippen molar-refractivity contribution in [3.8, 4) is 5.75 Å². The van der Waals surface area contributed by atoms with Gasteiger partial charge in [-0.3, -0.25) is 9.71 Å². The van der Waals surface area contributed by atoms with Crippen molar-refractivity contribution in [1.29, 1.82) is 0 Å². The van der Waals surface area contributed by atoms with Crippen molar-refractivity contribution in [2.24, 2.45) is 0 Å². The van der Waals surface area contributed by atoms with Crippen LogP contribution in [0.2, 0.25) is 0 Å². The van der Waals surface area contributed by atoms with Gasteiger partial charge in [-0.05, 0) is 30.3 Å². The van der Waals surface area contributed by atoms with Crippen LogP contribution in [-0.2, 0) is 10.0 Å². The molecule has 0 saturated carbocycles. The van der Waals surface area contributed by atoms with Gasteiger partial charge in [-0.1, -0.05) is 28.1 Å². The van der Waals surface area contributed by atoms with Gasteiger partial charge in [0.25, 0.3) is 10.0 Å². The Labute approximate surface area is 141 Å². The molecule has 0 fully saturated rings. The number of benzene rings is 2. The zero-order valence-electron chi connectivity index (χ0n) is 12.0. The van der Waals surface area contributed by atoms with Gasteiger partial charge in [0.05, 0.1) is 24.3 Å². The van der Waals surface area contributed by atoms with Gasteiger partial charge < -0.3 is 4.74 Å². The van der Waals surface area contributed by atoms with E-state index in [4.69, 9.17) is 4.74 Å². The normalized spacial score (nSPS) is 11.4. The zero-order chi connectivity index (χ0) is 16.4. The van der Waals surface area contributed by atoms with Crippen molar-refractivity contribution >= 4 is 42.8 Å². The van der Waals surface area contributed by atoms with Gasteiger partial charge in [0.15, 0.2) is 5.82 Å². The number of hydrogen-bond donors (Lipinski definition) is 1. The average Bonchev–Trinajstić information content (AvgIpc) is 2.54. The Hall–Kier alpha value is -2.19. The SMILES string of the molecule is COc1ccc(Br)cc1S(=O)(=O)Nc1cnc2ccccc2n1. The first-order chi connectivity index (χ1) is 11.0. The number of aromatic nitrogens is 2. The van der Waals surface area contributed by atoms with Crippen LogP contribution in [0.25, 0.3) is 11.0 Å². The molecule has 2 aromatic carbocycles. The number of anilines is 1. The lowest BCUT2D eigenvalue weighted by Gasteiger charge is -2.11. The Morgan fingerprint density at radius 3 is 2.61 bits per heavy atom. The Kier molecular flexibility index (Phi) is 4.18. The Morgan fingerprint density at radius 2 is 1.87 bits per heavy atom. The number of hydrogen-bond acceptors (Lipinski definition) is 5. The minimum absolute atomic E-state index is 0.0179. The molecule has 8 heteroatoms. The monoisotopic (exact) mass is 393 g/mol. The van der Waals surface area contributed by atoms with E-state index in [9.17, 15) is 8.42 Å². The average molecular weight is 394 g/mol. The smallest absolute Gasteiger partial charge is 0.266 e. The van der Waals surface area contributed by atoms with Crippen LogP contribution < -0.4 is 9.46 Å². The lowest BCUT2D eigenvalue weighted by Crippen LogP contribution is -2.15. The van der Waals surface area contributed by atoms with Crippen molar-refractivity contribution in [2.45, 2.75) is 4.90 Å². The maximum Gasteiger partial charge on any atom is 0.266 e. The second-order valence-electron chi connectivity index (χ2n) is 4.64. The molecule has 0 saturated heterocycles. The molecule has 0 bridgehead atoms. The number of ether oxygens (including phenoxy) is 1. The Morgan fingerprint density at radius 1 is 1.13 bits per heavy atom. The first-order valence-electron chi connectivity index (χ1n) is 6.58.